The fourth-order valence-electron chi connectivity index (χ4n) is 11.1. The normalized spacial score (nSPS) is 14.4. The quantitative estimate of drug-likeness (QED) is 0.0224. The molecule has 2 fully saturated rings. The molecule has 2 aliphatic rings. The highest BCUT2D eigenvalue weighted by Crippen LogP contribution is 2.48. The fraction of sp³-hybridized carbons (Fsp3) is 0.0896. The molecule has 0 saturated carbocycles. The van der Waals surface area contributed by atoms with Gasteiger partial charge in [0.25, 0.3) is 30.4 Å². The number of halogens is 18. The molecule has 10 aromatic rings. The number of rotatable bonds is 19. The van der Waals surface area contributed by atoms with Crippen LogP contribution in [-0.2, 0) is 60.9 Å². The summed E-state index contributed by atoms with van der Waals surface area (Å²) in [5, 5.41) is 0. The molecule has 3 N–H and O–H groups in total. The number of ketones is 1. The van der Waals surface area contributed by atoms with E-state index in [1.54, 1.807) is 0 Å². The average Bonchev–Trinajstić information content (AvgIpc) is 0.967. The van der Waals surface area contributed by atoms with Gasteiger partial charge in [0.15, 0.2) is 81.3 Å². The van der Waals surface area contributed by atoms with Gasteiger partial charge in [0.1, 0.15) is 43.4 Å². The van der Waals surface area contributed by atoms with Crippen LogP contribution in [0.2, 0.25) is 0 Å². The summed E-state index contributed by atoms with van der Waals surface area (Å²) in [5.41, 5.74) is -10.8. The molecular weight excluding hydrogens is 1530 g/mol. The van der Waals surface area contributed by atoms with Crippen LogP contribution in [0.5, 0.6) is 46.0 Å². The number of carbonyl (C=O) groups is 1. The molecule has 0 bridgehead atoms. The Morgan fingerprint density at radius 2 is 0.528 bits per heavy atom. The Balaban J connectivity index is 0.766. The summed E-state index contributed by atoms with van der Waals surface area (Å²) in [6, 6.07) is 20.5. The minimum absolute atomic E-state index is 0.0164. The highest BCUT2D eigenvalue weighted by molar-refractivity contribution is 7.87. The van der Waals surface area contributed by atoms with Gasteiger partial charge in [0, 0.05) is 33.4 Å². The van der Waals surface area contributed by atoms with E-state index < -0.39 is 241 Å². The van der Waals surface area contributed by atoms with Crippen LogP contribution in [0.3, 0.4) is 0 Å². The second-order valence-corrected chi connectivity index (χ2v) is 26.3. The monoisotopic (exact) mass is 1560 g/mol. The van der Waals surface area contributed by atoms with Gasteiger partial charge in [-0.2, -0.15) is 42.8 Å². The van der Waals surface area contributed by atoms with Crippen molar-refractivity contribution in [2.45, 2.75) is 26.3 Å². The van der Waals surface area contributed by atoms with Crippen LogP contribution in [0.1, 0.15) is 38.2 Å². The van der Waals surface area contributed by atoms with E-state index in [4.69, 9.17) is 37.9 Å². The highest BCUT2D eigenvalue weighted by Gasteiger charge is 2.44. The summed E-state index contributed by atoms with van der Waals surface area (Å²) in [7, 11) is -16.9. The largest absolute Gasteiger partial charge is 0.456 e. The standard InChI is InChI=1S/C67H32F18O18S3/c68-44-40(45(69)53(77)56(80)52(44)76)42-48(72)58(82)64(59(83)49(42)73)102-34-14-6-30(7-15-34)66(96-19-20-97-66)28-2-10-32(11-3-28)100-36-18-1-26(23-37(36)104(87,88)89)62(86)27-24-38(105(90,91)92)63(39(25-27)106(93,94)95)101-33-12-4-29(5-13-33)67(98-21-22-99-67)31-8-16-35(17-9-31)103-65-60(84)50(74)43(51(75)61(65)85)41-46(70)54(78)57(81)55(79)47(41)71/h1-18,23-25H,19-22H2,(H,87,88,89)(H,90,91,92)(H,93,94,95). The van der Waals surface area contributed by atoms with Gasteiger partial charge in [-0.1, -0.05) is 0 Å². The lowest BCUT2D eigenvalue weighted by Gasteiger charge is -2.28. The lowest BCUT2D eigenvalue weighted by molar-refractivity contribution is -0.130. The van der Waals surface area contributed by atoms with Crippen molar-refractivity contribution in [1.29, 1.82) is 0 Å². The van der Waals surface area contributed by atoms with Crippen LogP contribution >= 0.6 is 0 Å². The highest BCUT2D eigenvalue weighted by atomic mass is 32.2. The SMILES string of the molecule is O=C(c1ccc(Oc2ccc(C3(c4ccc(Oc5c(F)c(F)c(-c6c(F)c(F)c(F)c(F)c6F)c(F)c5F)cc4)OCCO3)cc2)c(S(=O)(=O)O)c1)c1cc(S(=O)(=O)O)c(Oc2ccc(C3(c4ccc(Oc5c(F)c(F)c(-c6c(F)c(F)c(F)c(F)c6F)c(F)c5F)cc4)OCCO3)cc2)c(S(=O)(=O)O)c1. The van der Waals surface area contributed by atoms with E-state index in [1.165, 1.54) is 36.4 Å². The first-order chi connectivity index (χ1) is 49.8. The molecule has 0 atom stereocenters. The summed E-state index contributed by atoms with van der Waals surface area (Å²) in [5.74, 6) is -60.8. The summed E-state index contributed by atoms with van der Waals surface area (Å²) >= 11 is 0. The van der Waals surface area contributed by atoms with Crippen LogP contribution < -0.4 is 18.9 Å². The fourth-order valence-corrected chi connectivity index (χ4v) is 13.1. The van der Waals surface area contributed by atoms with E-state index in [0.717, 1.165) is 72.8 Å². The molecule has 0 radical (unpaired) electrons. The molecule has 2 aliphatic heterocycles. The molecule has 0 aliphatic carbocycles. The average molecular weight is 1560 g/mol. The number of hydrogen-bond acceptors (Lipinski definition) is 15. The van der Waals surface area contributed by atoms with E-state index in [2.05, 4.69) is 0 Å². The molecule has 0 aromatic heterocycles. The first-order valence-corrected chi connectivity index (χ1v) is 33.4. The van der Waals surface area contributed by atoms with Crippen LogP contribution in [0.25, 0.3) is 22.3 Å². The zero-order chi connectivity index (χ0) is 76.9. The molecule has 39 heteroatoms. The third-order valence-corrected chi connectivity index (χ3v) is 18.5. The molecule has 0 unspecified atom stereocenters. The third-order valence-electron chi connectivity index (χ3n) is 15.9. The van der Waals surface area contributed by atoms with Gasteiger partial charge in [0.05, 0.1) is 48.7 Å². The van der Waals surface area contributed by atoms with Crippen molar-refractivity contribution < 1.29 is 161 Å². The maximum atomic E-state index is 15.3. The third kappa shape index (κ3) is 13.1. The maximum Gasteiger partial charge on any atom is 0.298 e. The Labute approximate surface area is 580 Å². The second-order valence-electron chi connectivity index (χ2n) is 22.2. The Morgan fingerprint density at radius 1 is 0.292 bits per heavy atom. The van der Waals surface area contributed by atoms with Crippen molar-refractivity contribution in [3.63, 3.8) is 0 Å². The molecule has 10 aromatic carbocycles. The summed E-state index contributed by atoms with van der Waals surface area (Å²) in [6.07, 6.45) is 0. The molecule has 18 nitrogen and oxygen atoms in total. The lowest BCUT2D eigenvalue weighted by Crippen LogP contribution is -2.28. The molecule has 552 valence electrons. The Morgan fingerprint density at radius 3 is 0.802 bits per heavy atom. The number of benzene rings is 10. The van der Waals surface area contributed by atoms with E-state index in [9.17, 15) is 87.6 Å². The van der Waals surface area contributed by atoms with Crippen molar-refractivity contribution in [2.24, 2.45) is 0 Å². The van der Waals surface area contributed by atoms with Crippen LogP contribution in [0.15, 0.2) is 142 Å². The summed E-state index contributed by atoms with van der Waals surface area (Å²) in [4.78, 5) is 9.99. The van der Waals surface area contributed by atoms with Crippen molar-refractivity contribution in [3.8, 4) is 68.2 Å². The van der Waals surface area contributed by atoms with E-state index >= 15 is 35.1 Å². The van der Waals surface area contributed by atoms with E-state index in [0.29, 0.717) is 18.2 Å². The Bertz CT molecular complexity index is 5530. The van der Waals surface area contributed by atoms with Gasteiger partial charge >= 0.3 is 0 Å². The molecular formula is C67H32F18O18S3. The second kappa shape index (κ2) is 27.7. The van der Waals surface area contributed by atoms with E-state index in [1.807, 2.05) is 0 Å². The smallest absolute Gasteiger partial charge is 0.298 e. The Hall–Kier alpha value is -10.6. The van der Waals surface area contributed by atoms with Crippen molar-refractivity contribution >= 4 is 36.1 Å². The van der Waals surface area contributed by atoms with Crippen LogP contribution in [0.4, 0.5) is 79.0 Å². The molecule has 2 saturated heterocycles. The minimum atomic E-state index is -5.73. The molecule has 12 rings (SSSR count). The first-order valence-electron chi connectivity index (χ1n) is 29.0. The zero-order valence-electron chi connectivity index (χ0n) is 51.4. The van der Waals surface area contributed by atoms with Gasteiger partial charge in [-0.25, -0.2) is 61.5 Å². The van der Waals surface area contributed by atoms with Gasteiger partial charge in [-0.3, -0.25) is 18.5 Å². The van der Waals surface area contributed by atoms with Crippen LogP contribution in [-0.4, -0.2) is 71.1 Å². The maximum absolute atomic E-state index is 15.3. The number of hydrogen-bond donors (Lipinski definition) is 3. The molecule has 106 heavy (non-hydrogen) atoms. The number of carbonyl (C=O) groups excluding carboxylic acids is 1. The first kappa shape index (κ1) is 75.1. The van der Waals surface area contributed by atoms with Crippen molar-refractivity contribution in [2.75, 3.05) is 26.4 Å². The molecule has 2 heterocycles. The summed E-state index contributed by atoms with van der Waals surface area (Å²) in [6.45, 7) is -0.469. The van der Waals surface area contributed by atoms with Crippen LogP contribution in [0, 0.1) is 105 Å². The predicted octanol–water partition coefficient (Wildman–Crippen LogP) is 16.2. The van der Waals surface area contributed by atoms with Gasteiger partial charge < -0.3 is 37.9 Å². The topological polar surface area (TPSA) is 254 Å². The van der Waals surface area contributed by atoms with Crippen molar-refractivity contribution in [3.05, 3.63) is 265 Å². The molecule has 0 amide bonds. The molecule has 0 spiro atoms. The van der Waals surface area contributed by atoms with E-state index in [-0.39, 0.29) is 54.4 Å². The van der Waals surface area contributed by atoms with Crippen molar-refractivity contribution in [1.82, 2.24) is 0 Å². The zero-order valence-corrected chi connectivity index (χ0v) is 53.9. The lowest BCUT2D eigenvalue weighted by atomic mass is 9.97. The van der Waals surface area contributed by atoms with Gasteiger partial charge in [-0.15, -0.1) is 0 Å². The Kier molecular flexibility index (Phi) is 19.6. The van der Waals surface area contributed by atoms with Gasteiger partial charge in [-0.05, 0) is 127 Å². The van der Waals surface area contributed by atoms with Gasteiger partial charge in [0.2, 0.25) is 58.0 Å². The summed E-state index contributed by atoms with van der Waals surface area (Å²) < 4.78 is 417. The number of ether oxygens (including phenoxy) is 8. The predicted molar refractivity (Wildman–Crippen MR) is 320 cm³/mol. The minimum Gasteiger partial charge on any atom is -0.456 e.